The molecule has 3 rings (SSSR count). The number of hydrogen-bond donors (Lipinski definition) is 3. The number of fused-ring (bicyclic) bond motifs is 1. The molecule has 7 heteroatoms. The molecule has 0 atom stereocenters. The number of hydrogen-bond acceptors (Lipinski definition) is 3. The number of aryl methyl sites for hydroxylation is 1. The van der Waals surface area contributed by atoms with E-state index in [9.17, 15) is 9.59 Å². The number of halogens is 1. The minimum atomic E-state index is -0.173. The minimum absolute atomic E-state index is 0.142. The Kier molecular flexibility index (Phi) is 6.36. The molecule has 1 aromatic heterocycles. The lowest BCUT2D eigenvalue weighted by atomic mass is 10.0. The topological polar surface area (TPSA) is 77.2 Å². The molecule has 0 fully saturated rings. The van der Waals surface area contributed by atoms with Gasteiger partial charge in [0.25, 0.3) is 11.8 Å². The number of nitrogens with zero attached hydrogens (tertiary/aromatic N) is 1. The Labute approximate surface area is 173 Å². The van der Waals surface area contributed by atoms with Crippen LogP contribution < -0.4 is 10.6 Å². The summed E-state index contributed by atoms with van der Waals surface area (Å²) in [7, 11) is 0. The van der Waals surface area contributed by atoms with E-state index in [1.54, 1.807) is 6.08 Å². The number of aromatic amines is 1. The van der Waals surface area contributed by atoms with Crippen molar-refractivity contribution >= 4 is 45.1 Å². The second-order valence-corrected chi connectivity index (χ2v) is 7.68. The number of H-pyrrole nitrogens is 1. The highest BCUT2D eigenvalue weighted by molar-refractivity contribution is 9.10. The number of aromatic nitrogens is 1. The Morgan fingerprint density at radius 1 is 1.25 bits per heavy atom. The smallest absolute Gasteiger partial charge is 0.256 e. The Morgan fingerprint density at radius 3 is 2.71 bits per heavy atom. The van der Waals surface area contributed by atoms with Crippen molar-refractivity contribution in [2.75, 3.05) is 31.5 Å². The summed E-state index contributed by atoms with van der Waals surface area (Å²) < 4.78 is 0.894. The van der Waals surface area contributed by atoms with E-state index >= 15 is 0 Å². The molecule has 0 aliphatic carbocycles. The van der Waals surface area contributed by atoms with Crippen LogP contribution in [0.2, 0.25) is 0 Å². The van der Waals surface area contributed by atoms with Gasteiger partial charge in [0.1, 0.15) is 0 Å². The molecule has 2 amide bonds. The van der Waals surface area contributed by atoms with Crippen LogP contribution in [-0.4, -0.2) is 47.9 Å². The fourth-order valence-electron chi connectivity index (χ4n) is 3.32. The third-order valence-electron chi connectivity index (χ3n) is 4.89. The maximum atomic E-state index is 12.7. The van der Waals surface area contributed by atoms with E-state index in [4.69, 9.17) is 0 Å². The zero-order chi connectivity index (χ0) is 20.3. The van der Waals surface area contributed by atoms with Crippen molar-refractivity contribution in [1.29, 1.82) is 0 Å². The van der Waals surface area contributed by atoms with E-state index in [2.05, 4.69) is 50.3 Å². The summed E-state index contributed by atoms with van der Waals surface area (Å²) in [6, 6.07) is 7.46. The number of anilines is 1. The van der Waals surface area contributed by atoms with Crippen LogP contribution in [0.25, 0.3) is 11.6 Å². The first-order valence-electron chi connectivity index (χ1n) is 9.46. The van der Waals surface area contributed by atoms with Crippen molar-refractivity contribution in [2.45, 2.75) is 20.8 Å². The first-order chi connectivity index (χ1) is 13.4. The SMILES string of the molecule is CCN(CC)CCNC(=O)c1cc(C)[nH]c1C=C1C(=O)Nc2ccc(Br)cc21. The molecule has 3 N–H and O–H groups in total. The first kappa shape index (κ1) is 20.4. The Morgan fingerprint density at radius 2 is 2.00 bits per heavy atom. The van der Waals surface area contributed by atoms with Gasteiger partial charge in [-0.3, -0.25) is 9.59 Å². The van der Waals surface area contributed by atoms with Crippen molar-refractivity contribution < 1.29 is 9.59 Å². The lowest BCUT2D eigenvalue weighted by Crippen LogP contribution is -2.34. The molecule has 1 aliphatic rings. The number of nitrogens with one attached hydrogen (secondary N) is 3. The van der Waals surface area contributed by atoms with Crippen LogP contribution in [0, 0.1) is 6.92 Å². The average Bonchev–Trinajstić information content (AvgIpc) is 3.19. The number of carbonyl (C=O) groups excluding carboxylic acids is 2. The van der Waals surface area contributed by atoms with E-state index in [1.165, 1.54) is 0 Å². The Balaban J connectivity index is 1.83. The third-order valence-corrected chi connectivity index (χ3v) is 5.38. The lowest BCUT2D eigenvalue weighted by molar-refractivity contribution is -0.110. The summed E-state index contributed by atoms with van der Waals surface area (Å²) in [5.41, 5.74) is 4.17. The predicted octanol–water partition coefficient (Wildman–Crippen LogP) is 3.65. The Hall–Kier alpha value is -2.38. The van der Waals surface area contributed by atoms with Gasteiger partial charge in [0.05, 0.1) is 16.8 Å². The van der Waals surface area contributed by atoms with Crippen LogP contribution in [-0.2, 0) is 4.79 Å². The third kappa shape index (κ3) is 4.36. The largest absolute Gasteiger partial charge is 0.358 e. The van der Waals surface area contributed by atoms with E-state index in [0.29, 0.717) is 23.4 Å². The normalized spacial score (nSPS) is 14.5. The first-order valence-corrected chi connectivity index (χ1v) is 10.2. The fourth-order valence-corrected chi connectivity index (χ4v) is 3.68. The molecule has 0 bridgehead atoms. The van der Waals surface area contributed by atoms with Crippen molar-refractivity contribution in [1.82, 2.24) is 15.2 Å². The molecular formula is C21H25BrN4O2. The van der Waals surface area contributed by atoms with Crippen LogP contribution in [0.5, 0.6) is 0 Å². The van der Waals surface area contributed by atoms with Gasteiger partial charge in [-0.2, -0.15) is 0 Å². The number of likely N-dealkylation sites (N-methyl/N-ethyl adjacent to an activating group) is 1. The van der Waals surface area contributed by atoms with Crippen molar-refractivity contribution in [3.8, 4) is 0 Å². The van der Waals surface area contributed by atoms with E-state index in [-0.39, 0.29) is 11.8 Å². The highest BCUT2D eigenvalue weighted by atomic mass is 79.9. The van der Waals surface area contributed by atoms with Crippen molar-refractivity contribution in [3.05, 3.63) is 51.3 Å². The van der Waals surface area contributed by atoms with E-state index in [1.807, 2.05) is 31.2 Å². The predicted molar refractivity (Wildman–Crippen MR) is 116 cm³/mol. The summed E-state index contributed by atoms with van der Waals surface area (Å²) in [6.45, 7) is 9.41. The molecule has 1 aliphatic heterocycles. The van der Waals surface area contributed by atoms with Crippen molar-refractivity contribution in [3.63, 3.8) is 0 Å². The number of amides is 2. The lowest BCUT2D eigenvalue weighted by Gasteiger charge is -2.17. The van der Waals surface area contributed by atoms with Crippen LogP contribution in [0.1, 0.15) is 41.2 Å². The Bertz CT molecular complexity index is 928. The van der Waals surface area contributed by atoms with E-state index < -0.39 is 0 Å². The van der Waals surface area contributed by atoms with Crippen molar-refractivity contribution in [2.24, 2.45) is 0 Å². The van der Waals surface area contributed by atoms with Gasteiger partial charge in [-0.05, 0) is 50.4 Å². The summed E-state index contributed by atoms with van der Waals surface area (Å²) in [5.74, 6) is -0.315. The van der Waals surface area contributed by atoms with Gasteiger partial charge in [-0.15, -0.1) is 0 Å². The molecule has 1 aromatic carbocycles. The molecule has 6 nitrogen and oxygen atoms in total. The molecule has 0 radical (unpaired) electrons. The quantitative estimate of drug-likeness (QED) is 0.570. The molecule has 0 spiro atoms. The molecule has 148 valence electrons. The van der Waals surface area contributed by atoms with Crippen LogP contribution in [0.4, 0.5) is 5.69 Å². The van der Waals surface area contributed by atoms with Crippen LogP contribution >= 0.6 is 15.9 Å². The van der Waals surface area contributed by atoms with Gasteiger partial charge >= 0.3 is 0 Å². The zero-order valence-corrected chi connectivity index (χ0v) is 17.9. The van der Waals surface area contributed by atoms with Gasteiger partial charge in [0.15, 0.2) is 0 Å². The van der Waals surface area contributed by atoms with Gasteiger partial charge < -0.3 is 20.5 Å². The van der Waals surface area contributed by atoms with Gasteiger partial charge in [-0.1, -0.05) is 29.8 Å². The molecule has 0 unspecified atom stereocenters. The minimum Gasteiger partial charge on any atom is -0.358 e. The van der Waals surface area contributed by atoms with Crippen LogP contribution in [0.3, 0.4) is 0 Å². The summed E-state index contributed by atoms with van der Waals surface area (Å²) >= 11 is 3.45. The van der Waals surface area contributed by atoms with Crippen LogP contribution in [0.15, 0.2) is 28.7 Å². The number of benzene rings is 1. The molecular weight excluding hydrogens is 420 g/mol. The second-order valence-electron chi connectivity index (χ2n) is 6.76. The van der Waals surface area contributed by atoms with E-state index in [0.717, 1.165) is 41.1 Å². The summed E-state index contributed by atoms with van der Waals surface area (Å²) in [6.07, 6.45) is 1.75. The zero-order valence-electron chi connectivity index (χ0n) is 16.4. The summed E-state index contributed by atoms with van der Waals surface area (Å²) in [5, 5.41) is 5.84. The average molecular weight is 445 g/mol. The number of rotatable bonds is 7. The monoisotopic (exact) mass is 444 g/mol. The van der Waals surface area contributed by atoms with Gasteiger partial charge in [-0.25, -0.2) is 0 Å². The maximum Gasteiger partial charge on any atom is 0.256 e. The number of carbonyl (C=O) groups is 2. The molecule has 0 saturated carbocycles. The molecule has 2 aromatic rings. The summed E-state index contributed by atoms with van der Waals surface area (Å²) in [4.78, 5) is 30.6. The van der Waals surface area contributed by atoms with Gasteiger partial charge in [0, 0.05) is 34.5 Å². The van der Waals surface area contributed by atoms with Gasteiger partial charge in [0.2, 0.25) is 0 Å². The fraction of sp³-hybridized carbons (Fsp3) is 0.333. The molecule has 28 heavy (non-hydrogen) atoms. The standard InChI is InChI=1S/C21H25BrN4O2/c1-4-26(5-2)9-8-23-20(27)17-10-13(3)24-19(17)12-16-15-11-14(22)6-7-18(15)25-21(16)28/h6-7,10-12,24H,4-5,8-9H2,1-3H3,(H,23,27)(H,25,28). The highest BCUT2D eigenvalue weighted by Crippen LogP contribution is 2.35. The second kappa shape index (κ2) is 8.75. The molecule has 0 saturated heterocycles. The highest BCUT2D eigenvalue weighted by Gasteiger charge is 2.25. The maximum absolute atomic E-state index is 12.7. The molecule has 2 heterocycles.